The molecule has 0 bridgehead atoms. The van der Waals surface area contributed by atoms with Crippen molar-refractivity contribution in [1.29, 1.82) is 0 Å². The van der Waals surface area contributed by atoms with E-state index in [1.54, 1.807) is 12.1 Å². The molecule has 0 saturated heterocycles. The molecule has 0 heterocycles. The molecule has 1 aromatic carbocycles. The monoisotopic (exact) mass is 300 g/mol. The smallest absolute Gasteiger partial charge is 0.288 e. The van der Waals surface area contributed by atoms with E-state index in [1.807, 2.05) is 6.92 Å². The number of carbonyl (C=O) groups is 1. The summed E-state index contributed by atoms with van der Waals surface area (Å²) in [6, 6.07) is 6.18. The Morgan fingerprint density at radius 2 is 2.05 bits per heavy atom. The van der Waals surface area contributed by atoms with Gasteiger partial charge in [-0.2, -0.15) is 8.78 Å². The number of alkyl halides is 2. The molecule has 1 aliphatic rings. The molecular weight excluding hydrogens is 282 g/mol. The summed E-state index contributed by atoms with van der Waals surface area (Å²) < 4.78 is 24.4. The molecule has 6 heteroatoms. The summed E-state index contributed by atoms with van der Waals surface area (Å²) in [6.07, 6.45) is 2.16. The summed E-state index contributed by atoms with van der Waals surface area (Å²) in [5.41, 5.74) is 5.83. The van der Waals surface area contributed by atoms with Crippen LogP contribution in [0.15, 0.2) is 29.2 Å². The lowest BCUT2D eigenvalue weighted by Gasteiger charge is -2.29. The summed E-state index contributed by atoms with van der Waals surface area (Å²) in [6.45, 7) is 2.34. The van der Waals surface area contributed by atoms with E-state index in [9.17, 15) is 13.6 Å². The molecule has 3 nitrogen and oxygen atoms in total. The summed E-state index contributed by atoms with van der Waals surface area (Å²) in [7, 11) is 0. The summed E-state index contributed by atoms with van der Waals surface area (Å²) in [5.74, 6) is -2.23. The van der Waals surface area contributed by atoms with Crippen LogP contribution in [-0.4, -0.2) is 23.7 Å². The molecule has 2 rings (SSSR count). The summed E-state index contributed by atoms with van der Waals surface area (Å²) >= 11 is 0.466. The number of benzene rings is 1. The highest BCUT2D eigenvalue weighted by Gasteiger charge is 2.41. The Labute approximate surface area is 121 Å². The third-order valence-electron chi connectivity index (χ3n) is 3.64. The standard InChI is InChI=1S/C14H18F2N2OS/c1-14(8-17,10-4-5-10)18-12(19)9-2-6-11(7-3-9)20-13(15)16/h2-3,6-7,10,13H,4-5,8,17H2,1H3,(H,18,19). The minimum atomic E-state index is -2.45. The maximum absolute atomic E-state index is 12.2. The zero-order valence-corrected chi connectivity index (χ0v) is 12.1. The Bertz CT molecular complexity index is 477. The molecule has 1 saturated carbocycles. The van der Waals surface area contributed by atoms with Gasteiger partial charge in [0.15, 0.2) is 0 Å². The number of hydrogen-bond donors (Lipinski definition) is 2. The van der Waals surface area contributed by atoms with Crippen LogP contribution in [0.4, 0.5) is 8.78 Å². The van der Waals surface area contributed by atoms with Crippen LogP contribution in [0.25, 0.3) is 0 Å². The highest BCUT2D eigenvalue weighted by atomic mass is 32.2. The zero-order valence-electron chi connectivity index (χ0n) is 11.2. The maximum Gasteiger partial charge on any atom is 0.288 e. The van der Waals surface area contributed by atoms with Crippen LogP contribution in [-0.2, 0) is 0 Å². The van der Waals surface area contributed by atoms with Gasteiger partial charge < -0.3 is 11.1 Å². The number of nitrogens with two attached hydrogens (primary N) is 1. The largest absolute Gasteiger partial charge is 0.345 e. The SMILES string of the molecule is CC(CN)(NC(=O)c1ccc(SC(F)F)cc1)C1CC1. The van der Waals surface area contributed by atoms with Crippen LogP contribution in [0, 0.1) is 5.92 Å². The molecule has 1 atom stereocenters. The van der Waals surface area contributed by atoms with E-state index in [2.05, 4.69) is 5.32 Å². The van der Waals surface area contributed by atoms with Gasteiger partial charge in [-0.05, 0) is 49.9 Å². The first kappa shape index (κ1) is 15.3. The first-order valence-electron chi connectivity index (χ1n) is 6.52. The van der Waals surface area contributed by atoms with Crippen molar-refractivity contribution in [3.63, 3.8) is 0 Å². The lowest BCUT2D eigenvalue weighted by Crippen LogP contribution is -2.53. The maximum atomic E-state index is 12.2. The van der Waals surface area contributed by atoms with Gasteiger partial charge >= 0.3 is 0 Å². The van der Waals surface area contributed by atoms with Crippen LogP contribution < -0.4 is 11.1 Å². The molecule has 1 fully saturated rings. The lowest BCUT2D eigenvalue weighted by atomic mass is 9.95. The molecule has 0 aromatic heterocycles. The summed E-state index contributed by atoms with van der Waals surface area (Å²) in [5, 5.41) is 2.96. The predicted molar refractivity (Wildman–Crippen MR) is 76.0 cm³/mol. The highest BCUT2D eigenvalue weighted by molar-refractivity contribution is 7.99. The first-order chi connectivity index (χ1) is 9.44. The Morgan fingerprint density at radius 1 is 1.45 bits per heavy atom. The fourth-order valence-electron chi connectivity index (χ4n) is 2.16. The second-order valence-corrected chi connectivity index (χ2v) is 6.32. The predicted octanol–water partition coefficient (Wildman–Crippen LogP) is 2.86. The van der Waals surface area contributed by atoms with E-state index in [1.165, 1.54) is 12.1 Å². The van der Waals surface area contributed by atoms with E-state index in [0.717, 1.165) is 12.8 Å². The van der Waals surface area contributed by atoms with Crippen LogP contribution in [0.5, 0.6) is 0 Å². The van der Waals surface area contributed by atoms with Gasteiger partial charge in [0.05, 0.1) is 5.54 Å². The van der Waals surface area contributed by atoms with Gasteiger partial charge in [-0.3, -0.25) is 4.79 Å². The van der Waals surface area contributed by atoms with Crippen LogP contribution >= 0.6 is 11.8 Å². The quantitative estimate of drug-likeness (QED) is 0.794. The van der Waals surface area contributed by atoms with E-state index < -0.39 is 5.76 Å². The molecule has 1 unspecified atom stereocenters. The fraction of sp³-hybridized carbons (Fsp3) is 0.500. The van der Waals surface area contributed by atoms with Crippen LogP contribution in [0.1, 0.15) is 30.1 Å². The normalized spacial score (nSPS) is 17.9. The first-order valence-corrected chi connectivity index (χ1v) is 7.40. The van der Waals surface area contributed by atoms with E-state index >= 15 is 0 Å². The zero-order chi connectivity index (χ0) is 14.8. The molecular formula is C14H18F2N2OS. The van der Waals surface area contributed by atoms with Crippen molar-refractivity contribution in [2.24, 2.45) is 11.7 Å². The molecule has 0 radical (unpaired) electrons. The molecule has 0 spiro atoms. The number of carbonyl (C=O) groups excluding carboxylic acids is 1. The van der Waals surface area contributed by atoms with Gasteiger partial charge in [-0.25, -0.2) is 0 Å². The van der Waals surface area contributed by atoms with Crippen molar-refractivity contribution in [1.82, 2.24) is 5.32 Å². The van der Waals surface area contributed by atoms with Gasteiger partial charge in [-0.1, -0.05) is 11.8 Å². The minimum absolute atomic E-state index is 0.210. The van der Waals surface area contributed by atoms with Crippen molar-refractivity contribution < 1.29 is 13.6 Å². The average Bonchev–Trinajstić information content (AvgIpc) is 3.23. The van der Waals surface area contributed by atoms with Gasteiger partial charge in [0.2, 0.25) is 0 Å². The lowest BCUT2D eigenvalue weighted by molar-refractivity contribution is 0.0898. The molecule has 110 valence electrons. The highest BCUT2D eigenvalue weighted by Crippen LogP contribution is 2.39. The third-order valence-corrected chi connectivity index (χ3v) is 4.37. The second kappa shape index (κ2) is 6.10. The van der Waals surface area contributed by atoms with E-state index in [4.69, 9.17) is 5.73 Å². The minimum Gasteiger partial charge on any atom is -0.345 e. The molecule has 1 aliphatic carbocycles. The fourth-order valence-corrected chi connectivity index (χ4v) is 2.66. The molecule has 20 heavy (non-hydrogen) atoms. The van der Waals surface area contributed by atoms with Crippen molar-refractivity contribution in [2.75, 3.05) is 6.54 Å². The third kappa shape index (κ3) is 3.70. The molecule has 0 aliphatic heterocycles. The molecule has 1 aromatic rings. The molecule has 1 amide bonds. The number of thioether (sulfide) groups is 1. The average molecular weight is 300 g/mol. The van der Waals surface area contributed by atoms with E-state index in [0.29, 0.717) is 34.7 Å². The number of amides is 1. The second-order valence-electron chi connectivity index (χ2n) is 5.25. The Balaban J connectivity index is 2.01. The van der Waals surface area contributed by atoms with Crippen molar-refractivity contribution in [3.8, 4) is 0 Å². The topological polar surface area (TPSA) is 55.1 Å². The van der Waals surface area contributed by atoms with Gasteiger partial charge in [-0.15, -0.1) is 0 Å². The van der Waals surface area contributed by atoms with Gasteiger partial charge in [0.25, 0.3) is 11.7 Å². The molecule has 3 N–H and O–H groups in total. The Kier molecular flexibility index (Phi) is 4.65. The van der Waals surface area contributed by atoms with Crippen molar-refractivity contribution in [2.45, 2.75) is 36.0 Å². The number of hydrogen-bond acceptors (Lipinski definition) is 3. The number of halogens is 2. The van der Waals surface area contributed by atoms with Gasteiger partial charge in [0, 0.05) is 17.0 Å². The van der Waals surface area contributed by atoms with Gasteiger partial charge in [0.1, 0.15) is 0 Å². The van der Waals surface area contributed by atoms with Crippen molar-refractivity contribution in [3.05, 3.63) is 29.8 Å². The van der Waals surface area contributed by atoms with Crippen LogP contribution in [0.3, 0.4) is 0 Å². The summed E-state index contributed by atoms with van der Waals surface area (Å²) in [4.78, 5) is 12.6. The number of rotatable bonds is 6. The van der Waals surface area contributed by atoms with Crippen molar-refractivity contribution >= 4 is 17.7 Å². The van der Waals surface area contributed by atoms with Crippen LogP contribution in [0.2, 0.25) is 0 Å². The number of nitrogens with one attached hydrogen (secondary N) is 1. The Morgan fingerprint density at radius 3 is 2.50 bits per heavy atom. The Hall–Kier alpha value is -1.14. The van der Waals surface area contributed by atoms with E-state index in [-0.39, 0.29) is 11.4 Å².